The van der Waals surface area contributed by atoms with E-state index in [1.54, 1.807) is 23.3 Å². The summed E-state index contributed by atoms with van der Waals surface area (Å²) in [7, 11) is 1.77. The minimum absolute atomic E-state index is 0.0420. The lowest BCUT2D eigenvalue weighted by atomic mass is 10.1. The zero-order valence-electron chi connectivity index (χ0n) is 14.1. The van der Waals surface area contributed by atoms with Crippen molar-refractivity contribution in [2.24, 2.45) is 0 Å². The van der Waals surface area contributed by atoms with Gasteiger partial charge in [0.2, 0.25) is 0 Å². The van der Waals surface area contributed by atoms with Gasteiger partial charge in [0, 0.05) is 23.9 Å². The van der Waals surface area contributed by atoms with Gasteiger partial charge < -0.3 is 14.4 Å². The number of rotatable bonds is 1. The van der Waals surface area contributed by atoms with Gasteiger partial charge in [-0.15, -0.1) is 11.3 Å². The van der Waals surface area contributed by atoms with E-state index >= 15 is 0 Å². The largest absolute Gasteiger partial charge is 0.490 e. The van der Waals surface area contributed by atoms with E-state index in [2.05, 4.69) is 5.38 Å². The highest BCUT2D eigenvalue weighted by Crippen LogP contribution is 2.35. The summed E-state index contributed by atoms with van der Waals surface area (Å²) in [6.45, 7) is 12.2. The fourth-order valence-corrected chi connectivity index (χ4v) is 3.05. The van der Waals surface area contributed by atoms with Gasteiger partial charge in [0.15, 0.2) is 0 Å². The Kier molecular flexibility index (Phi) is 6.08. The molecule has 120 valence electrons. The molecule has 4 nitrogen and oxygen atoms in total. The Bertz CT molecular complexity index is 476. The Morgan fingerprint density at radius 1 is 1.43 bits per heavy atom. The standard InChI is InChI=1S/C14H21NO3S.C2H6/c1-9-8-19-11-6-10(7-17-12(9)11)15(5)13(16)18-14(2,3)4;1-2/h8,10H,6-7H2,1-5H3;1-2H3. The van der Waals surface area contributed by atoms with E-state index in [1.807, 2.05) is 41.5 Å². The van der Waals surface area contributed by atoms with Crippen LogP contribution in [0.25, 0.3) is 0 Å². The molecule has 0 aromatic carbocycles. The van der Waals surface area contributed by atoms with Gasteiger partial charge in [-0.3, -0.25) is 0 Å². The minimum atomic E-state index is -0.467. The van der Waals surface area contributed by atoms with Crippen LogP contribution in [0.4, 0.5) is 4.79 Å². The SMILES string of the molecule is CC.Cc1csc2c1OCC(N(C)C(=O)OC(C)(C)C)C2. The second-order valence-corrected chi connectivity index (χ2v) is 6.90. The third kappa shape index (κ3) is 4.63. The number of likely N-dealkylation sites (N-methyl/N-ethyl adjacent to an activating group) is 1. The Balaban J connectivity index is 0.00000106. The van der Waals surface area contributed by atoms with Crippen molar-refractivity contribution in [3.05, 3.63) is 15.8 Å². The van der Waals surface area contributed by atoms with Crippen molar-refractivity contribution in [2.75, 3.05) is 13.7 Å². The fraction of sp³-hybridized carbons (Fsp3) is 0.688. The molecule has 0 bridgehead atoms. The van der Waals surface area contributed by atoms with Crippen LogP contribution in [0, 0.1) is 6.92 Å². The number of aryl methyl sites for hydroxylation is 1. The Hall–Kier alpha value is -1.23. The molecule has 2 heterocycles. The molecule has 1 unspecified atom stereocenters. The van der Waals surface area contributed by atoms with Crippen molar-refractivity contribution < 1.29 is 14.3 Å². The highest BCUT2D eigenvalue weighted by Gasteiger charge is 2.30. The molecule has 0 radical (unpaired) electrons. The van der Waals surface area contributed by atoms with Gasteiger partial charge >= 0.3 is 6.09 Å². The van der Waals surface area contributed by atoms with E-state index in [9.17, 15) is 4.79 Å². The Morgan fingerprint density at radius 3 is 2.62 bits per heavy atom. The van der Waals surface area contributed by atoms with Gasteiger partial charge in [0.05, 0.1) is 6.04 Å². The normalized spacial score (nSPS) is 17.0. The molecule has 5 heteroatoms. The van der Waals surface area contributed by atoms with Crippen molar-refractivity contribution in [1.29, 1.82) is 0 Å². The molecule has 1 aromatic heterocycles. The summed E-state index contributed by atoms with van der Waals surface area (Å²) in [5.41, 5.74) is 0.712. The predicted molar refractivity (Wildman–Crippen MR) is 87.4 cm³/mol. The lowest BCUT2D eigenvalue weighted by Crippen LogP contribution is -2.45. The summed E-state index contributed by atoms with van der Waals surface area (Å²) < 4.78 is 11.1. The van der Waals surface area contributed by atoms with E-state index in [0.29, 0.717) is 6.61 Å². The highest BCUT2D eigenvalue weighted by atomic mass is 32.1. The molecular formula is C16H27NO3S. The first-order chi connectivity index (χ1) is 9.78. The number of ether oxygens (including phenoxy) is 2. The number of carbonyl (C=O) groups excluding carboxylic acids is 1. The molecular weight excluding hydrogens is 286 g/mol. The van der Waals surface area contributed by atoms with Crippen LogP contribution < -0.4 is 4.74 Å². The summed E-state index contributed by atoms with van der Waals surface area (Å²) in [6, 6.07) is 0.0420. The molecule has 1 aromatic rings. The van der Waals surface area contributed by atoms with Gasteiger partial charge in [-0.05, 0) is 33.1 Å². The van der Waals surface area contributed by atoms with E-state index in [4.69, 9.17) is 9.47 Å². The Morgan fingerprint density at radius 2 is 2.05 bits per heavy atom. The first kappa shape index (κ1) is 17.8. The monoisotopic (exact) mass is 313 g/mol. The van der Waals surface area contributed by atoms with E-state index in [0.717, 1.165) is 12.2 Å². The molecule has 0 N–H and O–H groups in total. The highest BCUT2D eigenvalue weighted by molar-refractivity contribution is 7.10. The third-order valence-corrected chi connectivity index (χ3v) is 4.17. The van der Waals surface area contributed by atoms with Gasteiger partial charge in [-0.1, -0.05) is 13.8 Å². The predicted octanol–water partition coefficient (Wildman–Crippen LogP) is 4.25. The number of amides is 1. The molecule has 1 aliphatic rings. The topological polar surface area (TPSA) is 38.8 Å². The summed E-state index contributed by atoms with van der Waals surface area (Å²) in [5, 5.41) is 2.10. The maximum Gasteiger partial charge on any atom is 0.410 e. The maximum atomic E-state index is 12.0. The average Bonchev–Trinajstić information content (AvgIpc) is 2.79. The number of carbonyl (C=O) groups is 1. The van der Waals surface area contributed by atoms with Crippen LogP contribution in [0.3, 0.4) is 0 Å². The molecule has 1 atom stereocenters. The fourth-order valence-electron chi connectivity index (χ4n) is 2.01. The van der Waals surface area contributed by atoms with Gasteiger partial charge in [0.25, 0.3) is 0 Å². The van der Waals surface area contributed by atoms with Crippen LogP contribution >= 0.6 is 11.3 Å². The molecule has 21 heavy (non-hydrogen) atoms. The van der Waals surface area contributed by atoms with Gasteiger partial charge in [-0.25, -0.2) is 4.79 Å². The van der Waals surface area contributed by atoms with Crippen molar-refractivity contribution in [3.8, 4) is 5.75 Å². The lowest BCUT2D eigenvalue weighted by Gasteiger charge is -2.32. The van der Waals surface area contributed by atoms with E-state index < -0.39 is 5.60 Å². The lowest BCUT2D eigenvalue weighted by molar-refractivity contribution is 0.0161. The quantitative estimate of drug-likeness (QED) is 0.778. The molecule has 1 amide bonds. The average molecular weight is 313 g/mol. The molecule has 0 saturated carbocycles. The third-order valence-electron chi connectivity index (χ3n) is 3.06. The molecule has 0 saturated heterocycles. The summed E-state index contributed by atoms with van der Waals surface area (Å²) in [5.74, 6) is 0.999. The number of thiophene rings is 1. The van der Waals surface area contributed by atoms with Crippen LogP contribution in [0.1, 0.15) is 45.1 Å². The van der Waals surface area contributed by atoms with Crippen LogP contribution in [-0.4, -0.2) is 36.3 Å². The zero-order valence-corrected chi connectivity index (χ0v) is 15.0. The zero-order chi connectivity index (χ0) is 16.2. The minimum Gasteiger partial charge on any atom is -0.490 e. The smallest absolute Gasteiger partial charge is 0.410 e. The van der Waals surface area contributed by atoms with Gasteiger partial charge in [0.1, 0.15) is 18.0 Å². The van der Waals surface area contributed by atoms with Crippen molar-refractivity contribution in [1.82, 2.24) is 4.90 Å². The van der Waals surface area contributed by atoms with Crippen LogP contribution in [0.2, 0.25) is 0 Å². The van der Waals surface area contributed by atoms with Crippen molar-refractivity contribution in [3.63, 3.8) is 0 Å². The van der Waals surface area contributed by atoms with Crippen molar-refractivity contribution >= 4 is 17.4 Å². The van der Waals surface area contributed by atoms with E-state index in [-0.39, 0.29) is 12.1 Å². The summed E-state index contributed by atoms with van der Waals surface area (Å²) >= 11 is 1.69. The number of hydrogen-bond acceptors (Lipinski definition) is 4. The first-order valence-corrected chi connectivity index (χ1v) is 8.31. The molecule has 0 fully saturated rings. The van der Waals surface area contributed by atoms with Crippen LogP contribution in [0.15, 0.2) is 5.38 Å². The Labute approximate surface area is 132 Å². The molecule has 0 aliphatic carbocycles. The maximum absolute atomic E-state index is 12.0. The molecule has 2 rings (SSSR count). The van der Waals surface area contributed by atoms with Crippen molar-refractivity contribution in [2.45, 2.75) is 59.6 Å². The number of nitrogens with zero attached hydrogens (tertiary/aromatic N) is 1. The van der Waals surface area contributed by atoms with Crippen LogP contribution in [-0.2, 0) is 11.2 Å². The number of fused-ring (bicyclic) bond motifs is 1. The number of hydrogen-bond donors (Lipinski definition) is 0. The summed E-state index contributed by atoms with van der Waals surface area (Å²) in [4.78, 5) is 14.9. The van der Waals surface area contributed by atoms with Gasteiger partial charge in [-0.2, -0.15) is 0 Å². The first-order valence-electron chi connectivity index (χ1n) is 7.43. The second-order valence-electron chi connectivity index (χ2n) is 5.93. The van der Waals surface area contributed by atoms with Crippen LogP contribution in [0.5, 0.6) is 5.75 Å². The van der Waals surface area contributed by atoms with E-state index in [1.165, 1.54) is 10.4 Å². The second kappa shape index (κ2) is 7.16. The summed E-state index contributed by atoms with van der Waals surface area (Å²) in [6.07, 6.45) is 0.543. The molecule has 0 spiro atoms. The molecule has 1 aliphatic heterocycles.